The average Bonchev–Trinajstić information content (AvgIpc) is 3.08. The normalized spacial score (nSPS) is 28.5. The summed E-state index contributed by atoms with van der Waals surface area (Å²) in [5.41, 5.74) is 0.357. The van der Waals surface area contributed by atoms with Crippen LogP contribution in [0.2, 0.25) is 0 Å². The molecule has 1 amide bonds. The molecule has 2 N–H and O–H groups in total. The molecule has 114 valence electrons. The number of benzene rings is 1. The van der Waals surface area contributed by atoms with Gasteiger partial charge in [-0.05, 0) is 30.4 Å². The maximum absolute atomic E-state index is 12.4. The van der Waals surface area contributed by atoms with Gasteiger partial charge in [-0.2, -0.15) is 0 Å². The number of carboxylic acid groups (broad SMARTS) is 1. The molecule has 1 saturated carbocycles. The first kappa shape index (κ1) is 14.2. The van der Waals surface area contributed by atoms with E-state index in [4.69, 9.17) is 0 Å². The van der Waals surface area contributed by atoms with Crippen molar-refractivity contribution in [3.63, 3.8) is 0 Å². The van der Waals surface area contributed by atoms with Crippen molar-refractivity contribution in [2.45, 2.75) is 6.42 Å². The molecule has 2 bridgehead atoms. The number of fused-ring (bicyclic) bond motifs is 2. The van der Waals surface area contributed by atoms with Crippen molar-refractivity contribution in [2.75, 3.05) is 5.32 Å². The fourth-order valence-electron chi connectivity index (χ4n) is 3.41. The number of carbonyl (C=O) groups excluding carboxylic acids is 1. The molecule has 1 fully saturated rings. The molecule has 2 aliphatic rings. The van der Waals surface area contributed by atoms with Crippen LogP contribution in [0, 0.1) is 33.8 Å². The van der Waals surface area contributed by atoms with Gasteiger partial charge in [0.1, 0.15) is 0 Å². The van der Waals surface area contributed by atoms with E-state index in [1.807, 2.05) is 12.2 Å². The van der Waals surface area contributed by atoms with Gasteiger partial charge in [-0.25, -0.2) is 0 Å². The summed E-state index contributed by atoms with van der Waals surface area (Å²) in [4.78, 5) is 33.9. The molecule has 0 heterocycles. The number of nitrogens with zero attached hydrogens (tertiary/aromatic N) is 1. The summed E-state index contributed by atoms with van der Waals surface area (Å²) in [6.07, 6.45) is 4.47. The first-order valence-corrected chi connectivity index (χ1v) is 6.94. The molecule has 0 aromatic heterocycles. The zero-order valence-electron chi connectivity index (χ0n) is 11.5. The van der Waals surface area contributed by atoms with E-state index in [0.717, 1.165) is 0 Å². The first-order chi connectivity index (χ1) is 10.5. The van der Waals surface area contributed by atoms with Crippen molar-refractivity contribution < 1.29 is 19.6 Å². The van der Waals surface area contributed by atoms with Gasteiger partial charge >= 0.3 is 5.97 Å². The molecule has 0 saturated heterocycles. The molecule has 0 spiro atoms. The Hall–Kier alpha value is -2.70. The van der Waals surface area contributed by atoms with E-state index in [1.165, 1.54) is 24.3 Å². The number of carbonyl (C=O) groups is 2. The molecule has 4 atom stereocenters. The molecule has 7 heteroatoms. The summed E-state index contributed by atoms with van der Waals surface area (Å²) in [5.74, 6) is -2.74. The molecule has 0 aliphatic heterocycles. The Morgan fingerprint density at radius 1 is 1.14 bits per heavy atom. The molecule has 2 aliphatic carbocycles. The lowest BCUT2D eigenvalue weighted by atomic mass is 9.82. The number of allylic oxidation sites excluding steroid dienone is 2. The van der Waals surface area contributed by atoms with Gasteiger partial charge in [-0.3, -0.25) is 19.7 Å². The lowest BCUT2D eigenvalue weighted by molar-refractivity contribution is -0.384. The Bertz CT molecular complexity index is 667. The van der Waals surface area contributed by atoms with Gasteiger partial charge in [0, 0.05) is 17.8 Å². The molecule has 3 rings (SSSR count). The quantitative estimate of drug-likeness (QED) is 0.502. The van der Waals surface area contributed by atoms with Gasteiger partial charge in [0.15, 0.2) is 0 Å². The first-order valence-electron chi connectivity index (χ1n) is 6.94. The lowest BCUT2D eigenvalue weighted by Gasteiger charge is -2.23. The summed E-state index contributed by atoms with van der Waals surface area (Å²) >= 11 is 0. The Balaban J connectivity index is 1.75. The number of anilines is 1. The summed E-state index contributed by atoms with van der Waals surface area (Å²) in [5, 5.41) is 22.6. The van der Waals surface area contributed by atoms with Crippen LogP contribution in [0.1, 0.15) is 6.42 Å². The largest absolute Gasteiger partial charge is 0.481 e. The van der Waals surface area contributed by atoms with Crippen LogP contribution in [-0.2, 0) is 9.59 Å². The second kappa shape index (κ2) is 5.25. The number of aliphatic carboxylic acids is 1. The highest BCUT2D eigenvalue weighted by Gasteiger charge is 2.51. The minimum absolute atomic E-state index is 0.0517. The topological polar surface area (TPSA) is 110 Å². The van der Waals surface area contributed by atoms with Crippen molar-refractivity contribution >= 4 is 23.3 Å². The standard InChI is InChI=1S/C15H14N2O5/c18-14(16-10-3-5-11(6-4-10)17(21)22)12-8-1-2-9(7-8)13(12)15(19)20/h1-6,8-9,12-13H,7H2,(H,16,18)(H,19,20)/t8-,9-,12+,13+/m1/s1. The highest BCUT2D eigenvalue weighted by Crippen LogP contribution is 2.48. The molecule has 0 radical (unpaired) electrons. The predicted molar refractivity (Wildman–Crippen MR) is 77.1 cm³/mol. The summed E-state index contributed by atoms with van der Waals surface area (Å²) in [7, 11) is 0. The van der Waals surface area contributed by atoms with E-state index in [1.54, 1.807) is 0 Å². The van der Waals surface area contributed by atoms with E-state index >= 15 is 0 Å². The Morgan fingerprint density at radius 2 is 1.73 bits per heavy atom. The van der Waals surface area contributed by atoms with Gasteiger partial charge in [-0.1, -0.05) is 12.2 Å². The number of nitrogens with one attached hydrogen (secondary N) is 1. The fourth-order valence-corrected chi connectivity index (χ4v) is 3.41. The van der Waals surface area contributed by atoms with Gasteiger partial charge in [0.25, 0.3) is 5.69 Å². The van der Waals surface area contributed by atoms with Crippen LogP contribution < -0.4 is 5.32 Å². The third-order valence-corrected chi connectivity index (χ3v) is 4.39. The van der Waals surface area contributed by atoms with Gasteiger partial charge in [0.05, 0.1) is 16.8 Å². The van der Waals surface area contributed by atoms with E-state index in [2.05, 4.69) is 5.32 Å². The van der Waals surface area contributed by atoms with Crippen molar-refractivity contribution in [3.8, 4) is 0 Å². The molecule has 1 aromatic carbocycles. The maximum Gasteiger partial charge on any atom is 0.307 e. The third-order valence-electron chi connectivity index (χ3n) is 4.39. The molecule has 7 nitrogen and oxygen atoms in total. The molecule has 0 unspecified atom stereocenters. The zero-order valence-corrected chi connectivity index (χ0v) is 11.5. The number of carboxylic acids is 1. The fraction of sp³-hybridized carbons (Fsp3) is 0.333. The smallest absolute Gasteiger partial charge is 0.307 e. The minimum Gasteiger partial charge on any atom is -0.481 e. The Morgan fingerprint density at radius 3 is 2.27 bits per heavy atom. The van der Waals surface area contributed by atoms with Gasteiger partial charge < -0.3 is 10.4 Å². The zero-order chi connectivity index (χ0) is 15.9. The lowest BCUT2D eigenvalue weighted by Crippen LogP contribution is -2.36. The highest BCUT2D eigenvalue weighted by molar-refractivity contribution is 5.96. The van der Waals surface area contributed by atoms with Crippen molar-refractivity contribution in [2.24, 2.45) is 23.7 Å². The third kappa shape index (κ3) is 2.34. The summed E-state index contributed by atoms with van der Waals surface area (Å²) in [6.45, 7) is 0. The van der Waals surface area contributed by atoms with Crippen LogP contribution in [0.5, 0.6) is 0 Å². The van der Waals surface area contributed by atoms with Gasteiger partial charge in [0.2, 0.25) is 5.91 Å². The molecule has 22 heavy (non-hydrogen) atoms. The molecule has 1 aromatic rings. The predicted octanol–water partition coefficient (Wildman–Crippen LogP) is 2.06. The van der Waals surface area contributed by atoms with Crippen LogP contribution in [-0.4, -0.2) is 21.9 Å². The Labute approximate surface area is 125 Å². The number of nitro benzene ring substituents is 1. The number of amides is 1. The van der Waals surface area contributed by atoms with Crippen LogP contribution in [0.15, 0.2) is 36.4 Å². The van der Waals surface area contributed by atoms with Gasteiger partial charge in [-0.15, -0.1) is 0 Å². The number of hydrogen-bond acceptors (Lipinski definition) is 4. The van der Waals surface area contributed by atoms with Crippen LogP contribution in [0.3, 0.4) is 0 Å². The molecular formula is C15H14N2O5. The Kier molecular flexibility index (Phi) is 3.40. The average molecular weight is 302 g/mol. The summed E-state index contributed by atoms with van der Waals surface area (Å²) in [6, 6.07) is 5.47. The minimum atomic E-state index is -0.958. The van der Waals surface area contributed by atoms with Crippen LogP contribution in [0.25, 0.3) is 0 Å². The van der Waals surface area contributed by atoms with Crippen LogP contribution >= 0.6 is 0 Å². The van der Waals surface area contributed by atoms with Crippen molar-refractivity contribution in [1.29, 1.82) is 0 Å². The van der Waals surface area contributed by atoms with Crippen molar-refractivity contribution in [3.05, 3.63) is 46.5 Å². The maximum atomic E-state index is 12.4. The molecular weight excluding hydrogens is 288 g/mol. The number of hydrogen-bond donors (Lipinski definition) is 2. The van der Waals surface area contributed by atoms with Crippen molar-refractivity contribution in [1.82, 2.24) is 0 Å². The monoisotopic (exact) mass is 302 g/mol. The van der Waals surface area contributed by atoms with E-state index in [9.17, 15) is 24.8 Å². The second-order valence-electron chi connectivity index (χ2n) is 5.63. The van der Waals surface area contributed by atoms with Crippen LogP contribution in [0.4, 0.5) is 11.4 Å². The number of rotatable bonds is 4. The van der Waals surface area contributed by atoms with E-state index < -0.39 is 22.7 Å². The van der Waals surface area contributed by atoms with E-state index in [-0.39, 0.29) is 23.4 Å². The SMILES string of the molecule is O=C(O)[C@@H]1[C@@H](C(=O)Nc2ccc([N+](=O)[O-])cc2)[C@@H]2C=C[C@@H]1C2. The second-order valence-corrected chi connectivity index (χ2v) is 5.63. The number of non-ortho nitro benzene ring substituents is 1. The highest BCUT2D eigenvalue weighted by atomic mass is 16.6. The number of nitro groups is 1. The van der Waals surface area contributed by atoms with E-state index in [0.29, 0.717) is 12.1 Å². The summed E-state index contributed by atoms with van der Waals surface area (Å²) < 4.78 is 0.